The van der Waals surface area contributed by atoms with E-state index in [-0.39, 0.29) is 11.9 Å². The van der Waals surface area contributed by atoms with E-state index < -0.39 is 0 Å². The Balaban J connectivity index is 2.12. The highest BCUT2D eigenvalue weighted by Crippen LogP contribution is 2.32. The predicted octanol–water partition coefficient (Wildman–Crippen LogP) is 3.61. The third-order valence-corrected chi connectivity index (χ3v) is 3.83. The number of nitrogens with two attached hydrogens (primary N) is 1. The van der Waals surface area contributed by atoms with Crippen LogP contribution in [-0.4, -0.2) is 4.57 Å². The van der Waals surface area contributed by atoms with Gasteiger partial charge in [-0.1, -0.05) is 11.6 Å². The molecule has 1 aromatic heterocycles. The van der Waals surface area contributed by atoms with Crippen molar-refractivity contribution in [1.82, 2.24) is 4.57 Å². The van der Waals surface area contributed by atoms with Crippen LogP contribution in [0.15, 0.2) is 30.5 Å². The van der Waals surface area contributed by atoms with E-state index >= 15 is 0 Å². The summed E-state index contributed by atoms with van der Waals surface area (Å²) in [6.45, 7) is 0. The lowest BCUT2D eigenvalue weighted by Crippen LogP contribution is -2.17. The molecule has 3 rings (SSSR count). The molecule has 0 amide bonds. The number of hydrogen-bond donors (Lipinski definition) is 1. The second kappa shape index (κ2) is 4.41. The Morgan fingerprint density at radius 1 is 1.33 bits per heavy atom. The van der Waals surface area contributed by atoms with Gasteiger partial charge in [0.2, 0.25) is 0 Å². The maximum Gasteiger partial charge on any atom is 0.124 e. The van der Waals surface area contributed by atoms with Crippen LogP contribution in [0.4, 0.5) is 4.39 Å². The van der Waals surface area contributed by atoms with Crippen LogP contribution in [-0.2, 0) is 6.42 Å². The van der Waals surface area contributed by atoms with Crippen molar-refractivity contribution < 1.29 is 4.39 Å². The highest BCUT2D eigenvalue weighted by atomic mass is 35.5. The number of nitrogens with zero attached hydrogens (tertiary/aromatic N) is 1. The summed E-state index contributed by atoms with van der Waals surface area (Å²) in [7, 11) is 0. The second-order valence-corrected chi connectivity index (χ2v) is 5.09. The molecule has 0 saturated carbocycles. The van der Waals surface area contributed by atoms with Gasteiger partial charge < -0.3 is 10.3 Å². The van der Waals surface area contributed by atoms with E-state index in [2.05, 4.69) is 0 Å². The highest BCUT2D eigenvalue weighted by molar-refractivity contribution is 6.32. The van der Waals surface area contributed by atoms with Gasteiger partial charge in [0.05, 0.1) is 10.7 Å². The van der Waals surface area contributed by atoms with Crippen LogP contribution in [0, 0.1) is 5.82 Å². The maximum absolute atomic E-state index is 13.1. The lowest BCUT2D eigenvalue weighted by molar-refractivity contribution is 0.560. The fraction of sp³-hybridized carbons (Fsp3) is 0.286. The summed E-state index contributed by atoms with van der Waals surface area (Å²) in [5.41, 5.74) is 9.29. The van der Waals surface area contributed by atoms with Gasteiger partial charge in [0.1, 0.15) is 5.82 Å². The van der Waals surface area contributed by atoms with Crippen molar-refractivity contribution in [2.75, 3.05) is 0 Å². The van der Waals surface area contributed by atoms with E-state index in [1.165, 1.54) is 23.4 Å². The molecule has 1 unspecified atom stereocenters. The summed E-state index contributed by atoms with van der Waals surface area (Å²) in [6.07, 6.45) is 5.06. The zero-order valence-corrected chi connectivity index (χ0v) is 10.6. The quantitative estimate of drug-likeness (QED) is 0.838. The summed E-state index contributed by atoms with van der Waals surface area (Å²) in [4.78, 5) is 0. The number of aromatic nitrogens is 1. The molecule has 94 valence electrons. The van der Waals surface area contributed by atoms with Crippen molar-refractivity contribution in [3.8, 4) is 5.69 Å². The Morgan fingerprint density at radius 2 is 2.17 bits per heavy atom. The van der Waals surface area contributed by atoms with Crippen molar-refractivity contribution in [2.45, 2.75) is 25.3 Å². The molecule has 0 fully saturated rings. The molecule has 0 spiro atoms. The largest absolute Gasteiger partial charge is 0.324 e. The zero-order chi connectivity index (χ0) is 12.7. The molecule has 0 saturated heterocycles. The second-order valence-electron chi connectivity index (χ2n) is 4.68. The van der Waals surface area contributed by atoms with Gasteiger partial charge in [-0.05, 0) is 49.1 Å². The van der Waals surface area contributed by atoms with Gasteiger partial charge in [0.25, 0.3) is 0 Å². The Hall–Kier alpha value is -1.32. The number of halogens is 2. The molecule has 2 N–H and O–H groups in total. The Labute approximate surface area is 110 Å². The SMILES string of the molecule is NC1CCCc2c1ccn2-c1ccc(F)cc1Cl. The molecule has 1 heterocycles. The molecule has 2 aromatic rings. The molecule has 1 atom stereocenters. The summed E-state index contributed by atoms with van der Waals surface area (Å²) < 4.78 is 15.1. The molecule has 4 heteroatoms. The number of benzene rings is 1. The predicted molar refractivity (Wildman–Crippen MR) is 70.6 cm³/mol. The van der Waals surface area contributed by atoms with Crippen LogP contribution in [0.1, 0.15) is 30.1 Å². The van der Waals surface area contributed by atoms with E-state index in [9.17, 15) is 4.39 Å². The van der Waals surface area contributed by atoms with Gasteiger partial charge in [-0.15, -0.1) is 0 Å². The highest BCUT2D eigenvalue weighted by Gasteiger charge is 2.21. The molecular formula is C14H14ClFN2. The van der Waals surface area contributed by atoms with Gasteiger partial charge in [0.15, 0.2) is 0 Å². The Kier molecular flexibility index (Phi) is 2.88. The maximum atomic E-state index is 13.1. The van der Waals surface area contributed by atoms with E-state index in [0.29, 0.717) is 5.02 Å². The fourth-order valence-corrected chi connectivity index (χ4v) is 2.89. The monoisotopic (exact) mass is 264 g/mol. The lowest BCUT2D eigenvalue weighted by Gasteiger charge is -2.21. The number of hydrogen-bond acceptors (Lipinski definition) is 1. The molecule has 18 heavy (non-hydrogen) atoms. The average molecular weight is 265 g/mol. The van der Waals surface area contributed by atoms with Crippen LogP contribution < -0.4 is 5.73 Å². The van der Waals surface area contributed by atoms with Crippen molar-refractivity contribution >= 4 is 11.6 Å². The summed E-state index contributed by atoms with van der Waals surface area (Å²) >= 11 is 6.11. The van der Waals surface area contributed by atoms with E-state index in [0.717, 1.165) is 24.9 Å². The molecule has 0 radical (unpaired) electrons. The fourth-order valence-electron chi connectivity index (χ4n) is 2.63. The first kappa shape index (κ1) is 11.8. The summed E-state index contributed by atoms with van der Waals surface area (Å²) in [5, 5.41) is 0.424. The van der Waals surface area contributed by atoms with E-state index in [1.807, 2.05) is 16.8 Å². The summed E-state index contributed by atoms with van der Waals surface area (Å²) in [5.74, 6) is -0.318. The Morgan fingerprint density at radius 3 is 2.94 bits per heavy atom. The third-order valence-electron chi connectivity index (χ3n) is 3.52. The topological polar surface area (TPSA) is 30.9 Å². The first-order valence-electron chi connectivity index (χ1n) is 6.08. The molecule has 0 bridgehead atoms. The summed E-state index contributed by atoms with van der Waals surface area (Å²) in [6, 6.07) is 6.62. The van der Waals surface area contributed by atoms with Crippen molar-refractivity contribution in [3.05, 3.63) is 52.6 Å². The minimum atomic E-state index is -0.318. The molecule has 1 aliphatic rings. The van der Waals surface area contributed by atoms with Crippen LogP contribution >= 0.6 is 11.6 Å². The number of rotatable bonds is 1. The van der Waals surface area contributed by atoms with E-state index in [1.54, 1.807) is 6.07 Å². The minimum Gasteiger partial charge on any atom is -0.324 e. The first-order chi connectivity index (χ1) is 8.66. The first-order valence-corrected chi connectivity index (χ1v) is 6.46. The minimum absolute atomic E-state index is 0.106. The zero-order valence-electron chi connectivity index (χ0n) is 9.87. The van der Waals surface area contributed by atoms with Gasteiger partial charge >= 0.3 is 0 Å². The van der Waals surface area contributed by atoms with Crippen LogP contribution in [0.25, 0.3) is 5.69 Å². The van der Waals surface area contributed by atoms with Gasteiger partial charge in [-0.2, -0.15) is 0 Å². The third kappa shape index (κ3) is 1.84. The normalized spacial score (nSPS) is 18.7. The van der Waals surface area contributed by atoms with Gasteiger partial charge in [-0.3, -0.25) is 0 Å². The van der Waals surface area contributed by atoms with Crippen LogP contribution in [0.3, 0.4) is 0 Å². The number of fused-ring (bicyclic) bond motifs is 1. The van der Waals surface area contributed by atoms with Crippen molar-refractivity contribution in [3.63, 3.8) is 0 Å². The standard InChI is InChI=1S/C14H14ClFN2/c15-11-8-9(16)4-5-14(11)18-7-6-10-12(17)2-1-3-13(10)18/h4-8,12H,1-3,17H2. The molecule has 1 aliphatic carbocycles. The van der Waals surface area contributed by atoms with Crippen molar-refractivity contribution in [1.29, 1.82) is 0 Å². The van der Waals surface area contributed by atoms with Crippen molar-refractivity contribution in [2.24, 2.45) is 5.73 Å². The van der Waals surface area contributed by atoms with Gasteiger partial charge in [-0.25, -0.2) is 4.39 Å². The smallest absolute Gasteiger partial charge is 0.124 e. The van der Waals surface area contributed by atoms with E-state index in [4.69, 9.17) is 17.3 Å². The van der Waals surface area contributed by atoms with Gasteiger partial charge in [0, 0.05) is 17.9 Å². The molecule has 0 aliphatic heterocycles. The molecule has 2 nitrogen and oxygen atoms in total. The van der Waals surface area contributed by atoms with Crippen LogP contribution in [0.5, 0.6) is 0 Å². The Bertz CT molecular complexity index is 591. The average Bonchev–Trinajstić information content (AvgIpc) is 2.74. The molecular weight excluding hydrogens is 251 g/mol. The molecule has 1 aromatic carbocycles. The van der Waals surface area contributed by atoms with Crippen LogP contribution in [0.2, 0.25) is 5.02 Å². The lowest BCUT2D eigenvalue weighted by atomic mass is 9.93.